The third-order valence-corrected chi connectivity index (χ3v) is 5.14. The Morgan fingerprint density at radius 2 is 2.08 bits per heavy atom. The van der Waals surface area contributed by atoms with E-state index in [1.807, 2.05) is 18.7 Å². The van der Waals surface area contributed by atoms with Crippen LogP contribution in [0, 0.1) is 19.7 Å². The van der Waals surface area contributed by atoms with E-state index < -0.39 is 0 Å². The number of urea groups is 1. The molecular weight excluding hydrogens is 329 g/mol. The number of halogens is 1. The van der Waals surface area contributed by atoms with Gasteiger partial charge in [-0.2, -0.15) is 0 Å². The summed E-state index contributed by atoms with van der Waals surface area (Å²) in [5.74, 6) is 0.0243. The molecule has 1 aliphatic rings. The fourth-order valence-corrected chi connectivity index (χ4v) is 3.48. The van der Waals surface area contributed by atoms with Crippen molar-refractivity contribution in [2.45, 2.75) is 20.4 Å². The maximum Gasteiger partial charge on any atom is 0.317 e. The molecule has 1 aliphatic heterocycles. The van der Waals surface area contributed by atoms with Crippen LogP contribution in [-0.2, 0) is 6.54 Å². The molecule has 1 saturated heterocycles. The summed E-state index contributed by atoms with van der Waals surface area (Å²) in [6, 6.07) is 2.87. The summed E-state index contributed by atoms with van der Waals surface area (Å²) >= 11 is 1.60. The molecule has 1 N–H and O–H groups in total. The van der Waals surface area contributed by atoms with Gasteiger partial charge in [-0.15, -0.1) is 11.3 Å². The molecule has 6 nitrogen and oxygen atoms in total. The molecule has 0 aliphatic carbocycles. The monoisotopic (exact) mass is 349 g/mol. The molecule has 24 heavy (non-hydrogen) atoms. The fourth-order valence-electron chi connectivity index (χ4n) is 2.61. The van der Waals surface area contributed by atoms with Gasteiger partial charge >= 0.3 is 6.03 Å². The lowest BCUT2D eigenvalue weighted by Gasteiger charge is -2.35. The Bertz CT molecular complexity index is 708. The number of thiazole rings is 1. The second kappa shape index (κ2) is 7.12. The molecule has 3 rings (SSSR count). The Kier molecular flexibility index (Phi) is 4.94. The first-order valence-electron chi connectivity index (χ1n) is 7.85. The summed E-state index contributed by atoms with van der Waals surface area (Å²) in [5.41, 5.74) is 1.01. The summed E-state index contributed by atoms with van der Waals surface area (Å²) in [6.07, 6.45) is 1.58. The van der Waals surface area contributed by atoms with Crippen molar-refractivity contribution in [3.8, 4) is 0 Å². The van der Waals surface area contributed by atoms with Crippen molar-refractivity contribution in [1.82, 2.24) is 20.2 Å². The lowest BCUT2D eigenvalue weighted by Crippen LogP contribution is -2.52. The van der Waals surface area contributed by atoms with E-state index in [0.29, 0.717) is 38.5 Å². The lowest BCUT2D eigenvalue weighted by molar-refractivity contribution is 0.193. The van der Waals surface area contributed by atoms with E-state index in [1.54, 1.807) is 28.5 Å². The number of nitrogens with one attached hydrogen (secondary N) is 1. The number of nitrogens with zero attached hydrogens (tertiary/aromatic N) is 4. The molecule has 3 heterocycles. The van der Waals surface area contributed by atoms with Gasteiger partial charge in [-0.3, -0.25) is 0 Å². The largest absolute Gasteiger partial charge is 0.351 e. The van der Waals surface area contributed by atoms with Gasteiger partial charge in [-0.1, -0.05) is 0 Å². The molecule has 0 radical (unpaired) electrons. The number of carbonyl (C=O) groups is 1. The fraction of sp³-hybridized carbons (Fsp3) is 0.438. The van der Waals surface area contributed by atoms with Crippen LogP contribution in [0.4, 0.5) is 15.0 Å². The number of pyridine rings is 1. The molecule has 0 atom stereocenters. The highest BCUT2D eigenvalue weighted by molar-refractivity contribution is 7.11. The smallest absolute Gasteiger partial charge is 0.317 e. The van der Waals surface area contributed by atoms with Crippen LogP contribution in [0.25, 0.3) is 0 Å². The minimum Gasteiger partial charge on any atom is -0.351 e. The first kappa shape index (κ1) is 16.6. The standard InChI is InChI=1S/C16H20FN5OS/c1-11-12(2)24-14(20-11)10-19-16(23)22-8-6-21(7-9-22)15-13(17)4-3-5-18-15/h3-5H,6-10H2,1-2H3,(H,19,23). The lowest BCUT2D eigenvalue weighted by atomic mass is 10.3. The van der Waals surface area contributed by atoms with Crippen molar-refractivity contribution in [2.24, 2.45) is 0 Å². The number of piperazine rings is 1. The van der Waals surface area contributed by atoms with E-state index in [2.05, 4.69) is 15.3 Å². The summed E-state index contributed by atoms with van der Waals surface area (Å²) in [4.78, 5) is 25.5. The minimum atomic E-state index is -0.329. The molecule has 128 valence electrons. The number of hydrogen-bond donors (Lipinski definition) is 1. The van der Waals surface area contributed by atoms with E-state index in [1.165, 1.54) is 10.9 Å². The molecule has 0 spiro atoms. The van der Waals surface area contributed by atoms with E-state index in [9.17, 15) is 9.18 Å². The number of amides is 2. The number of rotatable bonds is 3. The van der Waals surface area contributed by atoms with Crippen molar-refractivity contribution < 1.29 is 9.18 Å². The van der Waals surface area contributed by atoms with Crippen molar-refractivity contribution >= 4 is 23.2 Å². The van der Waals surface area contributed by atoms with Crippen molar-refractivity contribution in [3.05, 3.63) is 39.7 Å². The van der Waals surface area contributed by atoms with Crippen LogP contribution in [0.3, 0.4) is 0 Å². The van der Waals surface area contributed by atoms with Crippen LogP contribution in [0.1, 0.15) is 15.6 Å². The van der Waals surface area contributed by atoms with Gasteiger partial charge < -0.3 is 15.1 Å². The highest BCUT2D eigenvalue weighted by atomic mass is 32.1. The Hall–Kier alpha value is -2.22. The molecule has 0 bridgehead atoms. The Morgan fingerprint density at radius 3 is 2.71 bits per heavy atom. The van der Waals surface area contributed by atoms with Crippen molar-refractivity contribution in [3.63, 3.8) is 0 Å². The molecular formula is C16H20FN5OS. The third kappa shape index (κ3) is 3.64. The first-order chi connectivity index (χ1) is 11.5. The maximum atomic E-state index is 13.8. The van der Waals surface area contributed by atoms with Gasteiger partial charge in [0.1, 0.15) is 5.01 Å². The third-order valence-electron chi connectivity index (χ3n) is 4.07. The van der Waals surface area contributed by atoms with Crippen LogP contribution in [0.15, 0.2) is 18.3 Å². The second-order valence-electron chi connectivity index (χ2n) is 5.69. The SMILES string of the molecule is Cc1nc(CNC(=O)N2CCN(c3ncccc3F)CC2)sc1C. The van der Waals surface area contributed by atoms with Gasteiger partial charge in [-0.25, -0.2) is 19.2 Å². The van der Waals surface area contributed by atoms with Crippen LogP contribution in [0.2, 0.25) is 0 Å². The predicted molar refractivity (Wildman–Crippen MR) is 91.8 cm³/mol. The van der Waals surface area contributed by atoms with Crippen LogP contribution in [-0.4, -0.2) is 47.1 Å². The normalized spacial score (nSPS) is 14.8. The van der Waals surface area contributed by atoms with Crippen molar-refractivity contribution in [2.75, 3.05) is 31.1 Å². The van der Waals surface area contributed by atoms with Gasteiger partial charge in [0.05, 0.1) is 12.2 Å². The average Bonchev–Trinajstić information content (AvgIpc) is 2.91. The van der Waals surface area contributed by atoms with E-state index in [0.717, 1.165) is 10.7 Å². The average molecular weight is 349 g/mol. The zero-order valence-electron chi connectivity index (χ0n) is 13.8. The zero-order valence-corrected chi connectivity index (χ0v) is 14.6. The molecule has 1 fully saturated rings. The highest BCUT2D eigenvalue weighted by Crippen LogP contribution is 2.18. The maximum absolute atomic E-state index is 13.8. The van der Waals surface area contributed by atoms with Gasteiger partial charge in [0, 0.05) is 37.3 Å². The quantitative estimate of drug-likeness (QED) is 0.924. The summed E-state index contributed by atoms with van der Waals surface area (Å²) < 4.78 is 13.8. The highest BCUT2D eigenvalue weighted by Gasteiger charge is 2.23. The number of hydrogen-bond acceptors (Lipinski definition) is 5. The Labute approximate surface area is 144 Å². The topological polar surface area (TPSA) is 61.4 Å². The molecule has 2 amide bonds. The zero-order chi connectivity index (χ0) is 17.1. The minimum absolute atomic E-state index is 0.110. The van der Waals surface area contributed by atoms with E-state index in [-0.39, 0.29) is 11.8 Å². The van der Waals surface area contributed by atoms with Gasteiger partial charge in [0.15, 0.2) is 11.6 Å². The second-order valence-corrected chi connectivity index (χ2v) is 6.98. The first-order valence-corrected chi connectivity index (χ1v) is 8.67. The molecule has 0 saturated carbocycles. The Morgan fingerprint density at radius 1 is 1.33 bits per heavy atom. The Balaban J connectivity index is 1.51. The summed E-state index contributed by atoms with van der Waals surface area (Å²) in [6.45, 7) is 6.64. The molecule has 0 aromatic carbocycles. The number of aryl methyl sites for hydroxylation is 2. The molecule has 2 aromatic rings. The van der Waals surface area contributed by atoms with Crippen LogP contribution >= 0.6 is 11.3 Å². The van der Waals surface area contributed by atoms with E-state index in [4.69, 9.17) is 0 Å². The summed E-state index contributed by atoms with van der Waals surface area (Å²) in [5, 5.41) is 3.81. The number of carbonyl (C=O) groups excluding carboxylic acids is 1. The predicted octanol–water partition coefficient (Wildman–Crippen LogP) is 2.33. The van der Waals surface area contributed by atoms with E-state index >= 15 is 0 Å². The molecule has 2 aromatic heterocycles. The van der Waals surface area contributed by atoms with Gasteiger partial charge in [0.2, 0.25) is 0 Å². The van der Waals surface area contributed by atoms with Crippen LogP contribution < -0.4 is 10.2 Å². The van der Waals surface area contributed by atoms with Crippen LogP contribution in [0.5, 0.6) is 0 Å². The summed E-state index contributed by atoms with van der Waals surface area (Å²) in [7, 11) is 0. The molecule has 8 heteroatoms. The molecule has 0 unspecified atom stereocenters. The number of aromatic nitrogens is 2. The van der Waals surface area contributed by atoms with Gasteiger partial charge in [-0.05, 0) is 26.0 Å². The number of anilines is 1. The van der Waals surface area contributed by atoms with Crippen molar-refractivity contribution in [1.29, 1.82) is 0 Å². The van der Waals surface area contributed by atoms with Gasteiger partial charge in [0.25, 0.3) is 0 Å².